The van der Waals surface area contributed by atoms with E-state index in [2.05, 4.69) is 10.0 Å². The molecule has 2 aliphatic rings. The van der Waals surface area contributed by atoms with Crippen LogP contribution in [0.3, 0.4) is 0 Å². The first-order valence-electron chi connectivity index (χ1n) is 6.97. The summed E-state index contributed by atoms with van der Waals surface area (Å²) >= 11 is 0. The molecule has 118 valence electrons. The van der Waals surface area contributed by atoms with Crippen LogP contribution < -0.4 is 0 Å². The van der Waals surface area contributed by atoms with E-state index in [1.54, 1.807) is 0 Å². The van der Waals surface area contributed by atoms with Crippen molar-refractivity contribution in [2.45, 2.75) is 36.9 Å². The summed E-state index contributed by atoms with van der Waals surface area (Å²) in [6.07, 6.45) is -3.58. The molecular formula is C14H17N3O5. The van der Waals surface area contributed by atoms with Crippen LogP contribution in [0, 0.1) is 0 Å². The van der Waals surface area contributed by atoms with Crippen molar-refractivity contribution in [1.29, 1.82) is 0 Å². The normalized spacial score (nSPS) is 37.9. The third-order valence-electron chi connectivity index (χ3n) is 3.82. The fourth-order valence-corrected chi connectivity index (χ4v) is 2.73. The Kier molecular flexibility index (Phi) is 4.58. The van der Waals surface area contributed by atoms with E-state index in [0.717, 1.165) is 5.56 Å². The van der Waals surface area contributed by atoms with Crippen molar-refractivity contribution in [2.24, 2.45) is 5.11 Å². The molecule has 0 spiro atoms. The molecule has 2 fully saturated rings. The molecule has 0 radical (unpaired) electrons. The van der Waals surface area contributed by atoms with E-state index in [-0.39, 0.29) is 6.61 Å². The first-order valence-corrected chi connectivity index (χ1v) is 6.97. The van der Waals surface area contributed by atoms with E-state index < -0.39 is 36.9 Å². The van der Waals surface area contributed by atoms with Gasteiger partial charge in [0.15, 0.2) is 12.6 Å². The smallest absolute Gasteiger partial charge is 0.184 e. The number of benzene rings is 1. The van der Waals surface area contributed by atoms with Crippen LogP contribution in [-0.2, 0) is 18.9 Å². The van der Waals surface area contributed by atoms with Gasteiger partial charge in [0, 0.05) is 17.6 Å². The van der Waals surface area contributed by atoms with E-state index in [4.69, 9.17) is 24.5 Å². The SMILES string of the molecule is CO[C@H]1OC2COC(c3ccccc3)O[C@H]2C(O)[C@@H]1N=[N+]=[N-]. The number of fused-ring (bicyclic) bond motifs is 1. The molecule has 6 atom stereocenters. The highest BCUT2D eigenvalue weighted by Crippen LogP contribution is 2.35. The first kappa shape index (κ1) is 15.2. The van der Waals surface area contributed by atoms with Crippen LogP contribution in [0.2, 0.25) is 0 Å². The maximum atomic E-state index is 10.5. The number of azide groups is 1. The molecule has 0 amide bonds. The van der Waals surface area contributed by atoms with Crippen molar-refractivity contribution in [3.8, 4) is 0 Å². The second-order valence-corrected chi connectivity index (χ2v) is 5.14. The Morgan fingerprint density at radius 3 is 2.77 bits per heavy atom. The number of ether oxygens (including phenoxy) is 4. The summed E-state index contributed by atoms with van der Waals surface area (Å²) in [5.41, 5.74) is 9.50. The van der Waals surface area contributed by atoms with E-state index in [1.165, 1.54) is 7.11 Å². The molecule has 0 saturated carbocycles. The molecule has 3 unspecified atom stereocenters. The summed E-state index contributed by atoms with van der Waals surface area (Å²) in [6.45, 7) is 0.254. The maximum Gasteiger partial charge on any atom is 0.184 e. The zero-order valence-corrected chi connectivity index (χ0v) is 12.0. The highest BCUT2D eigenvalue weighted by Gasteiger charge is 2.49. The Bertz CT molecular complexity index is 551. The van der Waals surface area contributed by atoms with Gasteiger partial charge in [0.05, 0.1) is 12.7 Å². The summed E-state index contributed by atoms with van der Waals surface area (Å²) < 4.78 is 22.3. The lowest BCUT2D eigenvalue weighted by atomic mass is 9.96. The second-order valence-electron chi connectivity index (χ2n) is 5.14. The molecule has 0 bridgehead atoms. The summed E-state index contributed by atoms with van der Waals surface area (Å²) in [5, 5.41) is 14.0. The fourth-order valence-electron chi connectivity index (χ4n) is 2.73. The van der Waals surface area contributed by atoms with Crippen molar-refractivity contribution in [1.82, 2.24) is 0 Å². The molecular weight excluding hydrogens is 290 g/mol. The lowest BCUT2D eigenvalue weighted by Crippen LogP contribution is -2.61. The molecule has 0 aliphatic carbocycles. The maximum absolute atomic E-state index is 10.5. The monoisotopic (exact) mass is 307 g/mol. The lowest BCUT2D eigenvalue weighted by molar-refractivity contribution is -0.338. The average molecular weight is 307 g/mol. The Balaban J connectivity index is 1.79. The van der Waals surface area contributed by atoms with E-state index in [9.17, 15) is 5.11 Å². The number of hydrogen-bond acceptors (Lipinski definition) is 6. The molecule has 2 heterocycles. The van der Waals surface area contributed by atoms with Crippen LogP contribution in [0.1, 0.15) is 11.9 Å². The zero-order chi connectivity index (χ0) is 15.5. The Morgan fingerprint density at radius 1 is 1.32 bits per heavy atom. The van der Waals surface area contributed by atoms with E-state index in [1.807, 2.05) is 30.3 Å². The van der Waals surface area contributed by atoms with Gasteiger partial charge in [0.1, 0.15) is 18.2 Å². The second kappa shape index (κ2) is 6.62. The predicted octanol–water partition coefficient (Wildman–Crippen LogP) is 1.51. The van der Waals surface area contributed by atoms with Crippen LogP contribution in [0.25, 0.3) is 10.4 Å². The van der Waals surface area contributed by atoms with Crippen molar-refractivity contribution < 1.29 is 24.1 Å². The van der Waals surface area contributed by atoms with Gasteiger partial charge in [0.2, 0.25) is 0 Å². The zero-order valence-electron chi connectivity index (χ0n) is 12.0. The van der Waals surface area contributed by atoms with Crippen molar-refractivity contribution >= 4 is 0 Å². The molecule has 8 nitrogen and oxygen atoms in total. The van der Waals surface area contributed by atoms with Gasteiger partial charge in [-0.1, -0.05) is 35.4 Å². The topological polar surface area (TPSA) is 106 Å². The quantitative estimate of drug-likeness (QED) is 0.517. The summed E-state index contributed by atoms with van der Waals surface area (Å²) in [5.74, 6) is 0. The minimum absolute atomic E-state index is 0.254. The molecule has 3 rings (SSSR count). The van der Waals surface area contributed by atoms with Crippen molar-refractivity contribution in [3.05, 3.63) is 46.3 Å². The van der Waals surface area contributed by atoms with Gasteiger partial charge in [-0.15, -0.1) is 0 Å². The van der Waals surface area contributed by atoms with Crippen LogP contribution in [-0.4, -0.2) is 49.5 Å². The molecule has 2 aliphatic heterocycles. The van der Waals surface area contributed by atoms with Gasteiger partial charge in [0.25, 0.3) is 0 Å². The molecule has 2 saturated heterocycles. The molecule has 0 aromatic heterocycles. The van der Waals surface area contributed by atoms with Crippen LogP contribution in [0.15, 0.2) is 35.4 Å². The molecule has 8 heteroatoms. The van der Waals surface area contributed by atoms with Gasteiger partial charge in [-0.05, 0) is 5.53 Å². The average Bonchev–Trinajstić information content (AvgIpc) is 2.58. The summed E-state index contributed by atoms with van der Waals surface area (Å²) in [4.78, 5) is 2.74. The predicted molar refractivity (Wildman–Crippen MR) is 74.6 cm³/mol. The molecule has 1 N–H and O–H groups in total. The number of aliphatic hydroxyl groups is 1. The van der Waals surface area contributed by atoms with Gasteiger partial charge >= 0.3 is 0 Å². The summed E-state index contributed by atoms with van der Waals surface area (Å²) in [6, 6.07) is 8.55. The number of aliphatic hydroxyl groups excluding tert-OH is 1. The fraction of sp³-hybridized carbons (Fsp3) is 0.571. The van der Waals surface area contributed by atoms with Crippen LogP contribution >= 0.6 is 0 Å². The lowest BCUT2D eigenvalue weighted by Gasteiger charge is -2.46. The van der Waals surface area contributed by atoms with E-state index >= 15 is 0 Å². The molecule has 22 heavy (non-hydrogen) atoms. The highest BCUT2D eigenvalue weighted by atomic mass is 16.7. The number of nitrogens with zero attached hydrogens (tertiary/aromatic N) is 3. The van der Waals surface area contributed by atoms with Crippen LogP contribution in [0.5, 0.6) is 0 Å². The van der Waals surface area contributed by atoms with Gasteiger partial charge in [-0.25, -0.2) is 0 Å². The minimum atomic E-state index is -1.03. The van der Waals surface area contributed by atoms with Crippen molar-refractivity contribution in [3.63, 3.8) is 0 Å². The standard InChI is InChI=1S/C14H17N3O5/c1-19-14-10(16-17-15)11(18)12-9(21-14)7-20-13(22-12)8-5-3-2-4-6-8/h2-6,9-14,18H,7H2,1H3/t9?,10-,11?,12+,13?,14-/m0/s1. The third-order valence-corrected chi connectivity index (χ3v) is 3.82. The first-order chi connectivity index (χ1) is 10.7. The van der Waals surface area contributed by atoms with Gasteiger partial charge < -0.3 is 24.1 Å². The third kappa shape index (κ3) is 2.80. The number of hydrogen-bond donors (Lipinski definition) is 1. The number of methoxy groups -OCH3 is 1. The van der Waals surface area contributed by atoms with Gasteiger partial charge in [-0.2, -0.15) is 0 Å². The Labute approximate surface area is 127 Å². The van der Waals surface area contributed by atoms with Gasteiger partial charge in [-0.3, -0.25) is 0 Å². The largest absolute Gasteiger partial charge is 0.390 e. The summed E-state index contributed by atoms with van der Waals surface area (Å²) in [7, 11) is 1.43. The van der Waals surface area contributed by atoms with E-state index in [0.29, 0.717) is 0 Å². The number of rotatable bonds is 3. The molecule has 1 aromatic rings. The Hall–Kier alpha value is -1.67. The van der Waals surface area contributed by atoms with Crippen molar-refractivity contribution in [2.75, 3.05) is 13.7 Å². The van der Waals surface area contributed by atoms with Crippen LogP contribution in [0.4, 0.5) is 0 Å². The Morgan fingerprint density at radius 2 is 2.09 bits per heavy atom. The highest BCUT2D eigenvalue weighted by molar-refractivity contribution is 5.16. The minimum Gasteiger partial charge on any atom is -0.390 e. The molecule has 1 aromatic carbocycles.